The highest BCUT2D eigenvalue weighted by atomic mass is 16.2. The van der Waals surface area contributed by atoms with Crippen molar-refractivity contribution in [2.24, 2.45) is 0 Å². The van der Waals surface area contributed by atoms with Gasteiger partial charge in [0.2, 0.25) is 17.8 Å². The molecule has 2 amide bonds. The number of hydrogen-bond acceptors (Lipinski definition) is 6. The van der Waals surface area contributed by atoms with Gasteiger partial charge in [-0.2, -0.15) is 5.10 Å². The van der Waals surface area contributed by atoms with E-state index in [4.69, 9.17) is 4.98 Å². The largest absolute Gasteiger partial charge is 0.356 e. The minimum absolute atomic E-state index is 0.119. The maximum atomic E-state index is 12.3. The Morgan fingerprint density at radius 3 is 2.74 bits per heavy atom. The summed E-state index contributed by atoms with van der Waals surface area (Å²) in [6.45, 7) is 4.34. The number of imidazole rings is 1. The molecule has 0 aliphatic heterocycles. The number of nitrogens with zero attached hydrogens (tertiary/aromatic N) is 4. The molecule has 0 atom stereocenters. The third-order valence-electron chi connectivity index (χ3n) is 5.82. The number of rotatable bonds is 9. The van der Waals surface area contributed by atoms with Gasteiger partial charge in [0.25, 0.3) is 0 Å². The van der Waals surface area contributed by atoms with E-state index in [2.05, 4.69) is 31.1 Å². The number of H-pyrrole nitrogens is 1. The summed E-state index contributed by atoms with van der Waals surface area (Å²) in [5.74, 6) is 1.53. The Morgan fingerprint density at radius 2 is 1.94 bits per heavy atom. The van der Waals surface area contributed by atoms with Crippen LogP contribution in [0.4, 0.5) is 17.5 Å². The van der Waals surface area contributed by atoms with Gasteiger partial charge in [0.15, 0.2) is 5.82 Å². The Kier molecular flexibility index (Phi) is 6.17. The summed E-state index contributed by atoms with van der Waals surface area (Å²) < 4.78 is 1.90. The molecular formula is C25H28N8O2. The number of carbonyl (C=O) groups excluding carboxylic acids is 2. The van der Waals surface area contributed by atoms with Crippen LogP contribution < -0.4 is 16.0 Å². The maximum Gasteiger partial charge on any atom is 0.224 e. The minimum atomic E-state index is -0.215. The lowest BCUT2D eigenvalue weighted by molar-refractivity contribution is -0.124. The van der Waals surface area contributed by atoms with Gasteiger partial charge in [0.05, 0.1) is 11.4 Å². The van der Waals surface area contributed by atoms with Crippen molar-refractivity contribution in [2.45, 2.75) is 45.4 Å². The zero-order valence-electron chi connectivity index (χ0n) is 19.8. The van der Waals surface area contributed by atoms with Gasteiger partial charge in [-0.05, 0) is 38.8 Å². The second-order valence-electron chi connectivity index (χ2n) is 8.77. The van der Waals surface area contributed by atoms with Crippen molar-refractivity contribution in [3.63, 3.8) is 0 Å². The highest BCUT2D eigenvalue weighted by Crippen LogP contribution is 2.39. The molecule has 5 rings (SSSR count). The Morgan fingerprint density at radius 1 is 1.11 bits per heavy atom. The number of carbonyl (C=O) groups is 2. The van der Waals surface area contributed by atoms with E-state index in [9.17, 15) is 9.59 Å². The van der Waals surface area contributed by atoms with Crippen LogP contribution in [-0.4, -0.2) is 42.9 Å². The molecule has 0 saturated heterocycles. The summed E-state index contributed by atoms with van der Waals surface area (Å²) in [6, 6.07) is 11.4. The van der Waals surface area contributed by atoms with Crippen molar-refractivity contribution in [3.8, 4) is 11.3 Å². The fourth-order valence-electron chi connectivity index (χ4n) is 3.96. The average Bonchev–Trinajstić information content (AvgIpc) is 3.46. The van der Waals surface area contributed by atoms with E-state index >= 15 is 0 Å². The molecular weight excluding hydrogens is 444 g/mol. The number of aryl methyl sites for hydroxylation is 1. The number of amides is 2. The summed E-state index contributed by atoms with van der Waals surface area (Å²) in [4.78, 5) is 33.4. The SMILES string of the molecule is CCNC(=O)CCC(=O)Nc1cccc(-c2cc3nc(C)cn3c(Nc3cc(C4CC4)[nH]n3)n2)c1. The molecule has 4 aromatic rings. The molecule has 3 aromatic heterocycles. The molecule has 1 fully saturated rings. The van der Waals surface area contributed by atoms with Crippen LogP contribution in [-0.2, 0) is 9.59 Å². The smallest absolute Gasteiger partial charge is 0.224 e. The van der Waals surface area contributed by atoms with E-state index in [1.165, 1.54) is 12.8 Å². The van der Waals surface area contributed by atoms with Crippen LogP contribution in [0.1, 0.15) is 49.9 Å². The number of fused-ring (bicyclic) bond motifs is 1. The Bertz CT molecular complexity index is 1390. The predicted molar refractivity (Wildman–Crippen MR) is 134 cm³/mol. The van der Waals surface area contributed by atoms with Crippen molar-refractivity contribution in [1.29, 1.82) is 0 Å². The van der Waals surface area contributed by atoms with Crippen molar-refractivity contribution >= 4 is 34.9 Å². The zero-order chi connectivity index (χ0) is 24.4. The highest BCUT2D eigenvalue weighted by molar-refractivity contribution is 5.93. The first-order valence-corrected chi connectivity index (χ1v) is 11.8. The molecule has 1 aromatic carbocycles. The van der Waals surface area contributed by atoms with E-state index in [1.54, 1.807) is 0 Å². The van der Waals surface area contributed by atoms with Gasteiger partial charge in [-0.1, -0.05) is 12.1 Å². The molecule has 1 saturated carbocycles. The van der Waals surface area contributed by atoms with Crippen LogP contribution in [0, 0.1) is 6.92 Å². The predicted octanol–water partition coefficient (Wildman–Crippen LogP) is 3.90. The number of hydrogen-bond donors (Lipinski definition) is 4. The van der Waals surface area contributed by atoms with Gasteiger partial charge in [-0.25, -0.2) is 9.97 Å². The molecule has 0 unspecified atom stereocenters. The van der Waals surface area contributed by atoms with Crippen molar-refractivity contribution in [2.75, 3.05) is 17.2 Å². The van der Waals surface area contributed by atoms with Crippen LogP contribution >= 0.6 is 0 Å². The molecule has 10 heteroatoms. The Hall–Kier alpha value is -4.21. The normalized spacial score (nSPS) is 13.1. The number of aromatic nitrogens is 5. The van der Waals surface area contributed by atoms with Gasteiger partial charge >= 0.3 is 0 Å². The van der Waals surface area contributed by atoms with E-state index in [-0.39, 0.29) is 24.7 Å². The van der Waals surface area contributed by atoms with Gasteiger partial charge in [-0.3, -0.25) is 19.1 Å². The van der Waals surface area contributed by atoms with Crippen LogP contribution in [0.3, 0.4) is 0 Å². The summed E-state index contributed by atoms with van der Waals surface area (Å²) in [6.07, 6.45) is 4.59. The number of benzene rings is 1. The Labute approximate surface area is 202 Å². The fourth-order valence-corrected chi connectivity index (χ4v) is 3.96. The topological polar surface area (TPSA) is 129 Å². The average molecular weight is 473 g/mol. The first-order chi connectivity index (χ1) is 17.0. The lowest BCUT2D eigenvalue weighted by atomic mass is 10.1. The lowest BCUT2D eigenvalue weighted by Crippen LogP contribution is -2.24. The van der Waals surface area contributed by atoms with E-state index < -0.39 is 0 Å². The quantitative estimate of drug-likeness (QED) is 0.292. The van der Waals surface area contributed by atoms with Gasteiger partial charge < -0.3 is 16.0 Å². The second kappa shape index (κ2) is 9.57. The minimum Gasteiger partial charge on any atom is -0.356 e. The fraction of sp³-hybridized carbons (Fsp3) is 0.320. The third kappa shape index (κ3) is 5.32. The van der Waals surface area contributed by atoms with Crippen molar-refractivity contribution in [1.82, 2.24) is 29.9 Å². The molecule has 1 aliphatic carbocycles. The molecule has 3 heterocycles. The molecule has 0 bridgehead atoms. The second-order valence-corrected chi connectivity index (χ2v) is 8.77. The first-order valence-electron chi connectivity index (χ1n) is 11.8. The summed E-state index contributed by atoms with van der Waals surface area (Å²) in [5, 5.41) is 16.4. The number of anilines is 3. The first kappa shape index (κ1) is 22.6. The standard InChI is InChI=1S/C25H28N8O2/c1-3-26-23(34)9-10-24(35)28-18-6-4-5-17(11-18)19-13-22-27-15(2)14-33(22)25(29-19)30-21-12-20(31-32-21)16-7-8-16/h4-6,11-14,16H,3,7-10H2,1-2H3,(H,26,34)(H,28,35)(H2,29,30,31,32). The lowest BCUT2D eigenvalue weighted by Gasteiger charge is -2.10. The maximum absolute atomic E-state index is 12.3. The molecule has 0 radical (unpaired) electrons. The van der Waals surface area contributed by atoms with Crippen LogP contribution in [0.25, 0.3) is 16.9 Å². The molecule has 4 N–H and O–H groups in total. The molecule has 180 valence electrons. The zero-order valence-corrected chi connectivity index (χ0v) is 19.8. The van der Waals surface area contributed by atoms with E-state index in [1.807, 2.05) is 60.8 Å². The van der Waals surface area contributed by atoms with Crippen molar-refractivity contribution in [3.05, 3.63) is 54.0 Å². The highest BCUT2D eigenvalue weighted by Gasteiger charge is 2.25. The molecule has 35 heavy (non-hydrogen) atoms. The molecule has 0 spiro atoms. The number of aromatic amines is 1. The third-order valence-corrected chi connectivity index (χ3v) is 5.82. The summed E-state index contributed by atoms with van der Waals surface area (Å²) in [7, 11) is 0. The summed E-state index contributed by atoms with van der Waals surface area (Å²) >= 11 is 0. The Balaban J connectivity index is 1.38. The summed E-state index contributed by atoms with van der Waals surface area (Å²) in [5.41, 5.74) is 4.95. The van der Waals surface area contributed by atoms with Crippen molar-refractivity contribution < 1.29 is 9.59 Å². The monoisotopic (exact) mass is 472 g/mol. The van der Waals surface area contributed by atoms with Gasteiger partial charge in [0.1, 0.15) is 5.65 Å². The molecule has 10 nitrogen and oxygen atoms in total. The van der Waals surface area contributed by atoms with Gasteiger partial charge in [0, 0.05) is 60.6 Å². The van der Waals surface area contributed by atoms with Crippen LogP contribution in [0.15, 0.2) is 42.6 Å². The van der Waals surface area contributed by atoms with E-state index in [0.29, 0.717) is 35.6 Å². The van der Waals surface area contributed by atoms with Crippen LogP contribution in [0.2, 0.25) is 0 Å². The van der Waals surface area contributed by atoms with Crippen LogP contribution in [0.5, 0.6) is 0 Å². The number of nitrogens with one attached hydrogen (secondary N) is 4. The van der Waals surface area contributed by atoms with Gasteiger partial charge in [-0.15, -0.1) is 0 Å². The molecule has 1 aliphatic rings. The van der Waals surface area contributed by atoms with E-state index in [0.717, 1.165) is 22.6 Å².